The second-order valence-corrected chi connectivity index (χ2v) is 16.2. The molecule has 21 heteroatoms. The molecule has 0 saturated carbocycles. The number of aromatic amines is 2. The van der Waals surface area contributed by atoms with Gasteiger partial charge in [0.2, 0.25) is 29.6 Å². The maximum absolute atomic E-state index is 12.3. The second-order valence-electron chi connectivity index (χ2n) is 15.4. The van der Waals surface area contributed by atoms with E-state index in [1.54, 1.807) is 80.6 Å². The molecule has 5 heterocycles. The molecule has 1 fully saturated rings. The summed E-state index contributed by atoms with van der Waals surface area (Å²) >= 11 is 12.7. The first-order valence-electron chi connectivity index (χ1n) is 21.2. The highest BCUT2D eigenvalue weighted by Crippen LogP contribution is 2.35. The number of hydrogen-bond donors (Lipinski definition) is 5. The van der Waals surface area contributed by atoms with Crippen LogP contribution in [0.1, 0.15) is 12.7 Å². The zero-order chi connectivity index (χ0) is 47.7. The lowest BCUT2D eigenvalue weighted by atomic mass is 10.2. The Morgan fingerprint density at radius 1 is 0.706 bits per heavy atom. The van der Waals surface area contributed by atoms with Crippen molar-refractivity contribution in [3.05, 3.63) is 129 Å². The molecule has 0 spiro atoms. The fourth-order valence-corrected chi connectivity index (χ4v) is 7.33. The van der Waals surface area contributed by atoms with Crippen LogP contribution in [-0.4, -0.2) is 100 Å². The summed E-state index contributed by atoms with van der Waals surface area (Å²) < 4.78 is 22.3. The number of pyridine rings is 1. The average molecular weight is 961 g/mol. The highest BCUT2D eigenvalue weighted by atomic mass is 35.5. The van der Waals surface area contributed by atoms with Gasteiger partial charge in [-0.25, -0.2) is 4.98 Å². The van der Waals surface area contributed by atoms with E-state index in [2.05, 4.69) is 46.1 Å². The van der Waals surface area contributed by atoms with Gasteiger partial charge in [0.15, 0.2) is 11.2 Å². The van der Waals surface area contributed by atoms with Crippen molar-refractivity contribution in [3.8, 4) is 34.8 Å². The largest absolute Gasteiger partial charge is 0.497 e. The van der Waals surface area contributed by atoms with Gasteiger partial charge in [-0.05, 0) is 48.5 Å². The van der Waals surface area contributed by atoms with E-state index in [9.17, 15) is 9.59 Å². The third-order valence-electron chi connectivity index (χ3n) is 10.4. The number of imidazole rings is 1. The van der Waals surface area contributed by atoms with Crippen LogP contribution >= 0.6 is 23.2 Å². The maximum atomic E-state index is 12.3. The SMILES string of the molecule is COc1ccc(Oc2cc(NCc3nc4ccccc4[nH]3)nc(N3CCN(C(C)=O)CC3)n2)c(Cl)c1.COc1ccc(Oc2cc(NNc3cc(=O)c4ccccc4[nH]3)nc(N(C)C)n2)c(Cl)c1. The van der Waals surface area contributed by atoms with Crippen LogP contribution in [0.4, 0.5) is 29.4 Å². The third-order valence-corrected chi connectivity index (χ3v) is 11.0. The Hall–Kier alpha value is -8.03. The summed E-state index contributed by atoms with van der Waals surface area (Å²) in [5.41, 5.74) is 8.44. The van der Waals surface area contributed by atoms with Gasteiger partial charge in [-0.3, -0.25) is 20.4 Å². The normalized spacial score (nSPS) is 12.2. The molecule has 5 N–H and O–H groups in total. The van der Waals surface area contributed by atoms with E-state index < -0.39 is 0 Å². The molecule has 68 heavy (non-hydrogen) atoms. The van der Waals surface area contributed by atoms with E-state index in [4.69, 9.17) is 47.1 Å². The van der Waals surface area contributed by atoms with Crippen molar-refractivity contribution in [3.63, 3.8) is 0 Å². The first-order chi connectivity index (χ1) is 32.9. The minimum absolute atomic E-state index is 0.0648. The Morgan fingerprint density at radius 3 is 1.97 bits per heavy atom. The molecule has 0 atom stereocenters. The van der Waals surface area contributed by atoms with Crippen LogP contribution in [-0.2, 0) is 11.3 Å². The summed E-state index contributed by atoms with van der Waals surface area (Å²) in [4.78, 5) is 58.9. The van der Waals surface area contributed by atoms with Crippen molar-refractivity contribution < 1.29 is 23.7 Å². The molecule has 350 valence electrons. The highest BCUT2D eigenvalue weighted by molar-refractivity contribution is 6.32. The summed E-state index contributed by atoms with van der Waals surface area (Å²) in [5.74, 6) is 6.02. The molecule has 1 amide bonds. The van der Waals surface area contributed by atoms with Crippen molar-refractivity contribution in [2.24, 2.45) is 0 Å². The van der Waals surface area contributed by atoms with Crippen LogP contribution in [0.25, 0.3) is 21.9 Å². The zero-order valence-corrected chi connectivity index (χ0v) is 39.1. The number of amides is 1. The number of carbonyl (C=O) groups excluding carboxylic acids is 1. The molecule has 19 nitrogen and oxygen atoms in total. The average Bonchev–Trinajstić information content (AvgIpc) is 3.77. The molecule has 1 saturated heterocycles. The van der Waals surface area contributed by atoms with Crippen molar-refractivity contribution in [1.82, 2.24) is 39.8 Å². The number of hydrogen-bond acceptors (Lipinski definition) is 16. The van der Waals surface area contributed by atoms with Crippen LogP contribution < -0.4 is 50.3 Å². The van der Waals surface area contributed by atoms with Crippen LogP contribution in [0.5, 0.6) is 34.8 Å². The van der Waals surface area contributed by atoms with Gasteiger partial charge in [-0.15, -0.1) is 0 Å². The number of benzene rings is 4. The van der Waals surface area contributed by atoms with Crippen molar-refractivity contribution in [2.75, 3.05) is 80.5 Å². The lowest BCUT2D eigenvalue weighted by molar-refractivity contribution is -0.129. The summed E-state index contributed by atoms with van der Waals surface area (Å²) in [6.45, 7) is 4.47. The van der Waals surface area contributed by atoms with Crippen LogP contribution in [0.2, 0.25) is 10.0 Å². The molecule has 0 unspecified atom stereocenters. The number of anilines is 5. The molecule has 4 aromatic carbocycles. The van der Waals surface area contributed by atoms with Crippen LogP contribution in [0, 0.1) is 0 Å². The summed E-state index contributed by atoms with van der Waals surface area (Å²) in [6, 6.07) is 30.2. The first-order valence-corrected chi connectivity index (χ1v) is 22.0. The fraction of sp³-hybridized carbons (Fsp3) is 0.213. The standard InChI is InChI=1S/C25H26ClN7O3.C22H21ClN6O3/c1-16(34)32-9-11-33(12-10-32)25-30-22(27-15-23-28-19-5-3-4-6-20(19)29-23)14-24(31-25)36-21-8-7-17(35-2)13-18(21)26;1-29(2)22-25-20(12-21(26-22)32-18-9-8-13(31-3)10-15(18)23)28-27-19-11-17(30)14-6-4-5-7-16(14)24-19/h3-8,13-14H,9-12,15H2,1-2H3,(H,28,29)(H,27,30,31);4-12H,1-3H3,(H2,24,27,30)(H,25,26,28). The molecule has 4 aromatic heterocycles. The number of rotatable bonds is 14. The molecular weight excluding hydrogens is 914 g/mol. The first kappa shape index (κ1) is 46.5. The summed E-state index contributed by atoms with van der Waals surface area (Å²) in [5, 5.41) is 4.72. The van der Waals surface area contributed by atoms with Gasteiger partial charge in [-0.2, -0.15) is 19.9 Å². The predicted octanol–water partition coefficient (Wildman–Crippen LogP) is 8.37. The number of nitrogens with one attached hydrogen (secondary N) is 5. The van der Waals surface area contributed by atoms with Crippen molar-refractivity contribution in [2.45, 2.75) is 13.5 Å². The molecule has 0 aliphatic carbocycles. The number of aromatic nitrogens is 7. The maximum Gasteiger partial charge on any atom is 0.230 e. The number of halogens is 2. The summed E-state index contributed by atoms with van der Waals surface area (Å²) in [6.07, 6.45) is 0. The number of H-pyrrole nitrogens is 2. The minimum atomic E-state index is -0.0986. The van der Waals surface area contributed by atoms with Crippen molar-refractivity contribution >= 4 is 80.4 Å². The van der Waals surface area contributed by atoms with Gasteiger partial charge >= 0.3 is 0 Å². The van der Waals surface area contributed by atoms with Crippen molar-refractivity contribution in [1.29, 1.82) is 0 Å². The van der Waals surface area contributed by atoms with Gasteiger partial charge in [-0.1, -0.05) is 47.5 Å². The minimum Gasteiger partial charge on any atom is -0.497 e. The molecule has 1 aliphatic heterocycles. The topological polar surface area (TPSA) is 213 Å². The molecule has 0 radical (unpaired) electrons. The van der Waals surface area contributed by atoms with E-state index in [1.165, 1.54) is 6.07 Å². The summed E-state index contributed by atoms with van der Waals surface area (Å²) in [7, 11) is 6.78. The highest BCUT2D eigenvalue weighted by Gasteiger charge is 2.22. The molecule has 0 bridgehead atoms. The molecular formula is C47H47Cl2N13O6. The number of nitrogens with zero attached hydrogens (tertiary/aromatic N) is 8. The van der Waals surface area contributed by atoms with Gasteiger partial charge in [0.25, 0.3) is 0 Å². The lowest BCUT2D eigenvalue weighted by Crippen LogP contribution is -2.48. The van der Waals surface area contributed by atoms with Gasteiger partial charge < -0.3 is 48.9 Å². The predicted molar refractivity (Wildman–Crippen MR) is 264 cm³/mol. The quantitative estimate of drug-likeness (QED) is 0.0648. The number of hydrazine groups is 1. The van der Waals surface area contributed by atoms with Gasteiger partial charge in [0.05, 0.1) is 47.4 Å². The van der Waals surface area contributed by atoms with E-state index in [1.807, 2.05) is 66.4 Å². The molecule has 8 aromatic rings. The Bertz CT molecular complexity index is 3090. The monoisotopic (exact) mass is 959 g/mol. The van der Waals surface area contributed by atoms with Gasteiger partial charge in [0, 0.05) is 82.9 Å². The van der Waals surface area contributed by atoms with E-state index in [-0.39, 0.29) is 17.2 Å². The number of carbonyl (C=O) groups is 1. The smallest absolute Gasteiger partial charge is 0.230 e. The zero-order valence-electron chi connectivity index (χ0n) is 37.6. The molecule has 9 rings (SSSR count). The van der Waals surface area contributed by atoms with Crippen LogP contribution in [0.3, 0.4) is 0 Å². The molecule has 1 aliphatic rings. The number of ether oxygens (including phenoxy) is 4. The Morgan fingerprint density at radius 2 is 1.34 bits per heavy atom. The van der Waals surface area contributed by atoms with E-state index in [0.29, 0.717) is 106 Å². The lowest BCUT2D eigenvalue weighted by Gasteiger charge is -2.34. The van der Waals surface area contributed by atoms with E-state index in [0.717, 1.165) is 22.4 Å². The fourth-order valence-electron chi connectivity index (χ4n) is 6.91. The number of methoxy groups -OCH3 is 2. The second kappa shape index (κ2) is 21.1. The Balaban J connectivity index is 0.000000185. The number of para-hydroxylation sites is 3. The third kappa shape index (κ3) is 11.5. The Labute approximate surface area is 400 Å². The van der Waals surface area contributed by atoms with Gasteiger partial charge in [0.1, 0.15) is 40.5 Å². The number of fused-ring (bicyclic) bond motifs is 2. The van der Waals surface area contributed by atoms with Crippen LogP contribution in [0.15, 0.2) is 108 Å². The Kier molecular flexibility index (Phi) is 14.4. The van der Waals surface area contributed by atoms with E-state index >= 15 is 0 Å². The number of piperazine rings is 1.